The molecule has 1 unspecified atom stereocenters. The third-order valence-corrected chi connectivity index (χ3v) is 8.75. The number of nitrogens with zero attached hydrogens (tertiary/aromatic N) is 3. The van der Waals surface area contributed by atoms with Gasteiger partial charge in [-0.05, 0) is 74.6 Å². The van der Waals surface area contributed by atoms with Crippen LogP contribution in [0.4, 0.5) is 5.69 Å². The van der Waals surface area contributed by atoms with E-state index in [0.717, 1.165) is 88.3 Å². The van der Waals surface area contributed by atoms with Crippen molar-refractivity contribution in [1.29, 1.82) is 0 Å². The Balaban J connectivity index is 1.45. The molecule has 5 rings (SSSR count). The molecule has 0 bridgehead atoms. The number of allylic oxidation sites excluding steroid dienone is 3. The maximum Gasteiger partial charge on any atom is 0.254 e. The van der Waals surface area contributed by atoms with Gasteiger partial charge >= 0.3 is 0 Å². The number of carbonyl (C=O) groups excluding carboxylic acids is 2. The zero-order valence-corrected chi connectivity index (χ0v) is 25.3. The summed E-state index contributed by atoms with van der Waals surface area (Å²) in [6, 6.07) is 4.50. The highest BCUT2D eigenvalue weighted by Crippen LogP contribution is 2.22. The van der Waals surface area contributed by atoms with Crippen LogP contribution in [0.25, 0.3) is 12.2 Å². The first-order chi connectivity index (χ1) is 20.3. The van der Waals surface area contributed by atoms with Crippen LogP contribution in [-0.4, -0.2) is 87.6 Å². The number of morpholine rings is 1. The van der Waals surface area contributed by atoms with E-state index in [4.69, 9.17) is 9.47 Å². The number of carbonyl (C=O) groups is 2. The molecule has 1 aromatic rings. The maximum absolute atomic E-state index is 13.7. The van der Waals surface area contributed by atoms with E-state index in [1.54, 1.807) is 0 Å². The van der Waals surface area contributed by atoms with Gasteiger partial charge in [-0.1, -0.05) is 30.4 Å². The number of anilines is 1. The van der Waals surface area contributed by atoms with Crippen molar-refractivity contribution in [2.45, 2.75) is 46.1 Å². The van der Waals surface area contributed by atoms with E-state index in [9.17, 15) is 9.59 Å². The molecule has 0 saturated carbocycles. The molecule has 0 spiro atoms. The van der Waals surface area contributed by atoms with Gasteiger partial charge in [-0.2, -0.15) is 0 Å². The molecule has 4 aliphatic rings. The lowest BCUT2D eigenvalue weighted by molar-refractivity contribution is -0.120. The summed E-state index contributed by atoms with van der Waals surface area (Å²) in [4.78, 5) is 35.2. The van der Waals surface area contributed by atoms with Gasteiger partial charge < -0.3 is 19.7 Å². The number of dihydropyridines is 1. The molecule has 0 radical (unpaired) electrons. The Hall–Kier alpha value is -3.33. The van der Waals surface area contributed by atoms with Crippen LogP contribution in [0.3, 0.4) is 0 Å². The van der Waals surface area contributed by atoms with Crippen molar-refractivity contribution in [3.63, 3.8) is 0 Å². The zero-order valence-electron chi connectivity index (χ0n) is 25.3. The molecule has 224 valence electrons. The normalized spacial score (nSPS) is 23.3. The number of rotatable bonds is 8. The Morgan fingerprint density at radius 2 is 1.86 bits per heavy atom. The van der Waals surface area contributed by atoms with Crippen LogP contribution >= 0.6 is 0 Å². The number of ether oxygens (including phenoxy) is 2. The van der Waals surface area contributed by atoms with E-state index in [0.29, 0.717) is 22.5 Å². The van der Waals surface area contributed by atoms with Crippen LogP contribution in [0.2, 0.25) is 0 Å². The molecule has 1 N–H and O–H groups in total. The molecule has 1 aromatic carbocycles. The summed E-state index contributed by atoms with van der Waals surface area (Å²) in [5.41, 5.74) is 5.62. The monoisotopic (exact) mass is 572 g/mol. The lowest BCUT2D eigenvalue weighted by Gasteiger charge is -2.36. The fourth-order valence-electron chi connectivity index (χ4n) is 6.30. The highest BCUT2D eigenvalue weighted by molar-refractivity contribution is 6.06. The van der Waals surface area contributed by atoms with Crippen molar-refractivity contribution in [2.75, 3.05) is 64.1 Å². The molecule has 3 aliphatic heterocycles. The molecule has 1 atom stereocenters. The SMILES string of the molecule is C=c1c(C(=O)NCC2C(=O)N=C(C)C=C2C)c/c(=C2\C=CC(CN3CCOCC3)=CC2)cc1N(CC)C1CCOCC1. The number of amides is 2. The predicted molar refractivity (Wildman–Crippen MR) is 168 cm³/mol. The molecule has 2 saturated heterocycles. The molecule has 8 heteroatoms. The quantitative estimate of drug-likeness (QED) is 0.516. The van der Waals surface area contributed by atoms with Crippen LogP contribution < -0.4 is 20.7 Å². The Bertz CT molecular complexity index is 1430. The summed E-state index contributed by atoms with van der Waals surface area (Å²) < 4.78 is 11.1. The molecule has 1 aliphatic carbocycles. The second-order valence-corrected chi connectivity index (χ2v) is 11.6. The van der Waals surface area contributed by atoms with Crippen LogP contribution in [0, 0.1) is 5.92 Å². The van der Waals surface area contributed by atoms with Gasteiger partial charge in [0.25, 0.3) is 11.8 Å². The highest BCUT2D eigenvalue weighted by Gasteiger charge is 2.26. The van der Waals surface area contributed by atoms with Crippen molar-refractivity contribution >= 4 is 35.4 Å². The summed E-state index contributed by atoms with van der Waals surface area (Å²) in [6.45, 7) is 17.2. The van der Waals surface area contributed by atoms with E-state index in [1.165, 1.54) is 11.1 Å². The number of hydrogen-bond donors (Lipinski definition) is 1. The summed E-state index contributed by atoms with van der Waals surface area (Å²) in [5, 5.41) is 4.76. The summed E-state index contributed by atoms with van der Waals surface area (Å²) in [5.74, 6) is -0.883. The fraction of sp³-hybridized carbons (Fsp3) is 0.500. The van der Waals surface area contributed by atoms with Gasteiger partial charge in [0, 0.05) is 74.2 Å². The smallest absolute Gasteiger partial charge is 0.254 e. The average molecular weight is 573 g/mol. The minimum Gasteiger partial charge on any atom is -0.381 e. The topological polar surface area (TPSA) is 83.5 Å². The van der Waals surface area contributed by atoms with Crippen LogP contribution in [0.5, 0.6) is 0 Å². The largest absolute Gasteiger partial charge is 0.381 e. The lowest BCUT2D eigenvalue weighted by atomic mass is 9.95. The van der Waals surface area contributed by atoms with Gasteiger partial charge in [0.1, 0.15) is 0 Å². The number of benzene rings is 1. The number of hydrogen-bond acceptors (Lipinski definition) is 6. The van der Waals surface area contributed by atoms with Gasteiger partial charge in [0.2, 0.25) is 0 Å². The van der Waals surface area contributed by atoms with E-state index in [2.05, 4.69) is 57.9 Å². The fourth-order valence-corrected chi connectivity index (χ4v) is 6.30. The number of aliphatic imine (C=N–C) groups is 1. The molecular formula is C34H44N4O4. The predicted octanol–water partition coefficient (Wildman–Crippen LogP) is 2.76. The van der Waals surface area contributed by atoms with Gasteiger partial charge in [0.15, 0.2) is 0 Å². The van der Waals surface area contributed by atoms with Crippen molar-refractivity contribution in [3.8, 4) is 0 Å². The highest BCUT2D eigenvalue weighted by atomic mass is 16.5. The summed E-state index contributed by atoms with van der Waals surface area (Å²) in [6.07, 6.45) is 11.3. The minimum absolute atomic E-state index is 0.206. The van der Waals surface area contributed by atoms with Crippen LogP contribution in [0.15, 0.2) is 52.6 Å². The Kier molecular flexibility index (Phi) is 9.88. The number of nitrogens with one attached hydrogen (secondary N) is 1. The maximum atomic E-state index is 13.7. The average Bonchev–Trinajstić information content (AvgIpc) is 2.99. The van der Waals surface area contributed by atoms with Gasteiger partial charge in [0.05, 0.1) is 19.1 Å². The second kappa shape index (κ2) is 13.8. The summed E-state index contributed by atoms with van der Waals surface area (Å²) >= 11 is 0. The summed E-state index contributed by atoms with van der Waals surface area (Å²) in [7, 11) is 0. The third kappa shape index (κ3) is 7.00. The molecule has 8 nitrogen and oxygen atoms in total. The van der Waals surface area contributed by atoms with E-state index in [1.807, 2.05) is 26.0 Å². The van der Waals surface area contributed by atoms with Crippen LogP contribution in [-0.2, 0) is 14.3 Å². The molecule has 2 fully saturated rings. The Labute approximate surface area is 249 Å². The van der Waals surface area contributed by atoms with Crippen molar-refractivity contribution in [2.24, 2.45) is 10.9 Å². The Morgan fingerprint density at radius 3 is 2.52 bits per heavy atom. The van der Waals surface area contributed by atoms with Crippen molar-refractivity contribution in [1.82, 2.24) is 10.2 Å². The zero-order chi connectivity index (χ0) is 29.6. The first-order valence-corrected chi connectivity index (χ1v) is 15.3. The molecule has 42 heavy (non-hydrogen) atoms. The first-order valence-electron chi connectivity index (χ1n) is 15.3. The van der Waals surface area contributed by atoms with E-state index in [-0.39, 0.29) is 18.4 Å². The van der Waals surface area contributed by atoms with Crippen molar-refractivity contribution in [3.05, 3.63) is 63.6 Å². The third-order valence-electron chi connectivity index (χ3n) is 8.75. The standard InChI is InChI=1S/C34H44N4O4/c1-5-38(29-10-14-41-15-11-29)32-20-28(27-8-6-26(7-9-27)22-37-12-16-42-17-13-37)19-30(25(32)4)33(39)35-21-31-23(2)18-24(3)36-34(31)40/h6-8,18-20,29,31H,4-5,9-17,21-22H2,1-3H3,(H,35,39)/b28-27-. The van der Waals surface area contributed by atoms with Gasteiger partial charge in [-0.15, -0.1) is 0 Å². The van der Waals surface area contributed by atoms with Crippen LogP contribution in [0.1, 0.15) is 50.4 Å². The van der Waals surface area contributed by atoms with Crippen molar-refractivity contribution < 1.29 is 19.1 Å². The van der Waals surface area contributed by atoms with E-state index < -0.39 is 5.92 Å². The molecule has 3 heterocycles. The first kappa shape index (κ1) is 30.1. The molecule has 2 amide bonds. The second-order valence-electron chi connectivity index (χ2n) is 11.6. The van der Waals surface area contributed by atoms with Gasteiger partial charge in [-0.25, -0.2) is 4.99 Å². The molecule has 0 aromatic heterocycles. The molecular weight excluding hydrogens is 528 g/mol. The lowest BCUT2D eigenvalue weighted by Crippen LogP contribution is -2.44. The van der Waals surface area contributed by atoms with Gasteiger partial charge in [-0.3, -0.25) is 14.5 Å². The Morgan fingerprint density at radius 1 is 1.12 bits per heavy atom. The van der Waals surface area contributed by atoms with E-state index >= 15 is 0 Å². The minimum atomic E-state index is -0.450.